The highest BCUT2D eigenvalue weighted by molar-refractivity contribution is 6.87. The van der Waals surface area contributed by atoms with Crippen molar-refractivity contribution in [1.82, 2.24) is 0 Å². The third kappa shape index (κ3) is 6.47. The van der Waals surface area contributed by atoms with E-state index in [2.05, 4.69) is 32.2 Å². The van der Waals surface area contributed by atoms with Gasteiger partial charge in [0.05, 0.1) is 19.3 Å². The second-order valence-corrected chi connectivity index (χ2v) is 10.4. The maximum absolute atomic E-state index is 9.93. The summed E-state index contributed by atoms with van der Waals surface area (Å²) >= 11 is 0. The SMILES string of the molecule is CC[Si](C#CC[C@H](O)COCc1ccccc1)(CC)CC. The molecular formula is C18H28O2Si. The first-order chi connectivity index (χ1) is 10.2. The molecule has 0 aliphatic carbocycles. The van der Waals surface area contributed by atoms with Gasteiger partial charge in [-0.2, -0.15) is 0 Å². The Morgan fingerprint density at radius 1 is 1.10 bits per heavy atom. The summed E-state index contributed by atoms with van der Waals surface area (Å²) in [6, 6.07) is 13.6. The summed E-state index contributed by atoms with van der Waals surface area (Å²) in [5.74, 6) is 3.21. The minimum Gasteiger partial charge on any atom is -0.390 e. The molecule has 0 heterocycles. The maximum Gasteiger partial charge on any atom is 0.137 e. The minimum absolute atomic E-state index is 0.350. The number of aliphatic hydroxyl groups excluding tert-OH is 1. The van der Waals surface area contributed by atoms with Gasteiger partial charge in [-0.05, 0) is 23.7 Å². The second-order valence-electron chi connectivity index (χ2n) is 5.50. The van der Waals surface area contributed by atoms with E-state index in [4.69, 9.17) is 4.74 Å². The van der Waals surface area contributed by atoms with E-state index in [9.17, 15) is 5.11 Å². The molecule has 0 bridgehead atoms. The highest BCUT2D eigenvalue weighted by atomic mass is 28.3. The molecule has 0 radical (unpaired) electrons. The highest BCUT2D eigenvalue weighted by Crippen LogP contribution is 2.18. The summed E-state index contributed by atoms with van der Waals surface area (Å²) in [6.07, 6.45) is 0.0299. The Bertz CT molecular complexity index is 435. The lowest BCUT2D eigenvalue weighted by atomic mass is 10.2. The standard InChI is InChI=1S/C18H28O2Si/c1-4-21(5-2,6-3)14-10-13-18(19)16-20-15-17-11-8-7-9-12-17/h7-9,11-12,18-19H,4-6,13,15-16H2,1-3H3/t18-/m0/s1. The number of rotatable bonds is 8. The first-order valence-corrected chi connectivity index (χ1v) is 10.6. The lowest BCUT2D eigenvalue weighted by Gasteiger charge is -2.20. The van der Waals surface area contributed by atoms with E-state index in [1.807, 2.05) is 30.3 Å². The van der Waals surface area contributed by atoms with Crippen molar-refractivity contribution in [2.45, 2.75) is 58.0 Å². The molecule has 116 valence electrons. The van der Waals surface area contributed by atoms with Crippen molar-refractivity contribution in [2.75, 3.05) is 6.61 Å². The molecule has 1 N–H and O–H groups in total. The Hall–Kier alpha value is -1.08. The van der Waals surface area contributed by atoms with Crippen LogP contribution >= 0.6 is 0 Å². The van der Waals surface area contributed by atoms with Crippen LogP contribution < -0.4 is 0 Å². The summed E-state index contributed by atoms with van der Waals surface area (Å²) in [4.78, 5) is 0. The predicted molar refractivity (Wildman–Crippen MR) is 91.7 cm³/mol. The van der Waals surface area contributed by atoms with Gasteiger partial charge in [-0.25, -0.2) is 0 Å². The van der Waals surface area contributed by atoms with Crippen LogP contribution in [0.4, 0.5) is 0 Å². The van der Waals surface area contributed by atoms with Gasteiger partial charge in [0.1, 0.15) is 8.07 Å². The van der Waals surface area contributed by atoms with E-state index in [1.54, 1.807) is 0 Å². The lowest BCUT2D eigenvalue weighted by Crippen LogP contribution is -2.29. The number of hydrogen-bond acceptors (Lipinski definition) is 2. The van der Waals surface area contributed by atoms with Crippen molar-refractivity contribution in [3.8, 4) is 11.5 Å². The Morgan fingerprint density at radius 2 is 1.71 bits per heavy atom. The molecular weight excluding hydrogens is 276 g/mol. The topological polar surface area (TPSA) is 29.5 Å². The Balaban J connectivity index is 2.33. The maximum atomic E-state index is 9.93. The lowest BCUT2D eigenvalue weighted by molar-refractivity contribution is 0.0311. The number of aliphatic hydroxyl groups is 1. The van der Waals surface area contributed by atoms with Crippen molar-refractivity contribution < 1.29 is 9.84 Å². The van der Waals surface area contributed by atoms with Crippen LogP contribution in [0.1, 0.15) is 32.8 Å². The summed E-state index contributed by atoms with van der Waals surface area (Å²) in [6.45, 7) is 7.62. The van der Waals surface area contributed by atoms with Crippen molar-refractivity contribution >= 4 is 8.07 Å². The quantitative estimate of drug-likeness (QED) is 0.581. The summed E-state index contributed by atoms with van der Waals surface area (Å²) in [5.41, 5.74) is 4.62. The molecule has 0 fully saturated rings. The van der Waals surface area contributed by atoms with Gasteiger partial charge < -0.3 is 9.84 Å². The predicted octanol–water partition coefficient (Wildman–Crippen LogP) is 4.01. The molecule has 0 unspecified atom stereocenters. The van der Waals surface area contributed by atoms with E-state index in [1.165, 1.54) is 18.1 Å². The third-order valence-corrected chi connectivity index (χ3v) is 8.91. The van der Waals surface area contributed by atoms with Crippen LogP contribution in [-0.4, -0.2) is 25.9 Å². The summed E-state index contributed by atoms with van der Waals surface area (Å²) < 4.78 is 5.54. The van der Waals surface area contributed by atoms with Crippen LogP contribution in [0.15, 0.2) is 30.3 Å². The van der Waals surface area contributed by atoms with Gasteiger partial charge in [-0.1, -0.05) is 51.1 Å². The number of benzene rings is 1. The van der Waals surface area contributed by atoms with Crippen LogP contribution in [0.5, 0.6) is 0 Å². The second kappa shape index (κ2) is 9.78. The number of ether oxygens (including phenoxy) is 1. The molecule has 0 saturated heterocycles. The molecule has 0 aliphatic heterocycles. The summed E-state index contributed by atoms with van der Waals surface area (Å²) in [5, 5.41) is 9.93. The van der Waals surface area contributed by atoms with Crippen LogP contribution in [0.3, 0.4) is 0 Å². The van der Waals surface area contributed by atoms with Crippen molar-refractivity contribution in [2.24, 2.45) is 0 Å². The average molecular weight is 305 g/mol. The van der Waals surface area contributed by atoms with Crippen molar-refractivity contribution in [3.63, 3.8) is 0 Å². The fourth-order valence-electron chi connectivity index (χ4n) is 2.32. The monoisotopic (exact) mass is 304 g/mol. The minimum atomic E-state index is -1.38. The van der Waals surface area contributed by atoms with E-state index in [-0.39, 0.29) is 0 Å². The molecule has 1 rings (SSSR count). The smallest absolute Gasteiger partial charge is 0.137 e. The largest absolute Gasteiger partial charge is 0.390 e. The Morgan fingerprint density at radius 3 is 2.29 bits per heavy atom. The van der Waals surface area contributed by atoms with E-state index in [0.29, 0.717) is 19.6 Å². The molecule has 2 nitrogen and oxygen atoms in total. The van der Waals surface area contributed by atoms with Crippen LogP contribution in [0, 0.1) is 11.5 Å². The van der Waals surface area contributed by atoms with Gasteiger partial charge in [-0.3, -0.25) is 0 Å². The van der Waals surface area contributed by atoms with Crippen LogP contribution in [-0.2, 0) is 11.3 Å². The zero-order chi connectivity index (χ0) is 15.6. The molecule has 0 spiro atoms. The number of hydrogen-bond donors (Lipinski definition) is 1. The zero-order valence-corrected chi connectivity index (χ0v) is 14.6. The normalized spacial score (nSPS) is 12.6. The van der Waals surface area contributed by atoms with E-state index < -0.39 is 14.2 Å². The molecule has 3 heteroatoms. The van der Waals surface area contributed by atoms with Gasteiger partial charge >= 0.3 is 0 Å². The van der Waals surface area contributed by atoms with Crippen LogP contribution in [0.2, 0.25) is 18.1 Å². The molecule has 1 aromatic carbocycles. The molecule has 1 atom stereocenters. The fourth-order valence-corrected chi connectivity index (χ4v) is 4.82. The molecule has 0 amide bonds. The van der Waals surface area contributed by atoms with Gasteiger partial charge in [0.15, 0.2) is 0 Å². The van der Waals surface area contributed by atoms with Gasteiger partial charge in [0.2, 0.25) is 0 Å². The Kier molecular flexibility index (Phi) is 8.37. The first kappa shape index (κ1) is 18.0. The van der Waals surface area contributed by atoms with Gasteiger partial charge in [0.25, 0.3) is 0 Å². The van der Waals surface area contributed by atoms with Crippen molar-refractivity contribution in [1.29, 1.82) is 0 Å². The molecule has 21 heavy (non-hydrogen) atoms. The van der Waals surface area contributed by atoms with Gasteiger partial charge in [0, 0.05) is 6.42 Å². The summed E-state index contributed by atoms with van der Waals surface area (Å²) in [7, 11) is -1.38. The zero-order valence-electron chi connectivity index (χ0n) is 13.6. The fraction of sp³-hybridized carbons (Fsp3) is 0.556. The average Bonchev–Trinajstić information content (AvgIpc) is 2.53. The first-order valence-electron chi connectivity index (χ1n) is 7.95. The van der Waals surface area contributed by atoms with Gasteiger partial charge in [-0.15, -0.1) is 11.5 Å². The molecule has 0 aliphatic rings. The molecule has 0 saturated carbocycles. The van der Waals surface area contributed by atoms with Crippen molar-refractivity contribution in [3.05, 3.63) is 35.9 Å². The van der Waals surface area contributed by atoms with E-state index in [0.717, 1.165) is 5.56 Å². The third-order valence-electron chi connectivity index (χ3n) is 4.14. The van der Waals surface area contributed by atoms with Crippen LogP contribution in [0.25, 0.3) is 0 Å². The highest BCUT2D eigenvalue weighted by Gasteiger charge is 2.24. The molecule has 1 aromatic rings. The Labute approximate surface area is 130 Å². The molecule has 0 aromatic heterocycles. The van der Waals surface area contributed by atoms with E-state index >= 15 is 0 Å².